The van der Waals surface area contributed by atoms with Gasteiger partial charge in [0, 0.05) is 69.8 Å². The molecule has 174 valence electrons. The first-order valence-electron chi connectivity index (χ1n) is 10.9. The Hall–Kier alpha value is -3.18. The Labute approximate surface area is 202 Å². The van der Waals surface area contributed by atoms with Crippen LogP contribution in [0.3, 0.4) is 0 Å². The molecule has 0 radical (unpaired) electrons. The Balaban J connectivity index is 1.91. The van der Waals surface area contributed by atoms with E-state index >= 15 is 0 Å². The molecule has 0 unspecified atom stereocenters. The van der Waals surface area contributed by atoms with Crippen molar-refractivity contribution < 1.29 is 9.53 Å². The van der Waals surface area contributed by atoms with E-state index in [9.17, 15) is 4.79 Å². The molecule has 0 aromatic heterocycles. The van der Waals surface area contributed by atoms with Gasteiger partial charge in [0.05, 0.1) is 6.54 Å². The summed E-state index contributed by atoms with van der Waals surface area (Å²) in [7, 11) is 10.2. The number of ether oxygens (including phenoxy) is 1. The van der Waals surface area contributed by atoms with E-state index in [2.05, 4.69) is 111 Å². The van der Waals surface area contributed by atoms with Crippen LogP contribution in [0.4, 0.5) is 21.9 Å². The highest BCUT2D eigenvalue weighted by Crippen LogP contribution is 2.34. The topological polar surface area (TPSA) is 36.0 Å². The molecule has 0 amide bonds. The summed E-state index contributed by atoms with van der Waals surface area (Å²) in [6, 6.07) is 26.0. The van der Waals surface area contributed by atoms with Crippen molar-refractivity contribution in [1.29, 1.82) is 0 Å². The number of nitrogens with zero attached hydrogens (tertiary/aromatic N) is 3. The van der Waals surface area contributed by atoms with Crippen molar-refractivity contribution in [2.45, 2.75) is 5.92 Å². The van der Waals surface area contributed by atoms with Gasteiger partial charge in [0.2, 0.25) is 0 Å². The number of halogens is 1. The van der Waals surface area contributed by atoms with Gasteiger partial charge in [-0.2, -0.15) is 0 Å². The lowest BCUT2D eigenvalue weighted by Crippen LogP contribution is -2.22. The monoisotopic (exact) mass is 465 g/mol. The van der Waals surface area contributed by atoms with Gasteiger partial charge < -0.3 is 19.4 Å². The molecule has 0 spiro atoms. The quantitative estimate of drug-likeness (QED) is 0.294. The van der Waals surface area contributed by atoms with Gasteiger partial charge in [0.25, 0.3) is 0 Å². The highest BCUT2D eigenvalue weighted by molar-refractivity contribution is 6.61. The van der Waals surface area contributed by atoms with Crippen molar-refractivity contribution in [3.63, 3.8) is 0 Å². The molecule has 6 heteroatoms. The van der Waals surface area contributed by atoms with Crippen molar-refractivity contribution in [3.05, 3.63) is 89.5 Å². The molecule has 0 fully saturated rings. The number of carbonyl (C=O) groups excluding carboxylic acids is 1. The molecule has 0 saturated heterocycles. The summed E-state index contributed by atoms with van der Waals surface area (Å²) in [5, 5.41) is 0. The highest BCUT2D eigenvalue weighted by atomic mass is 35.5. The zero-order chi connectivity index (χ0) is 24.0. The molecule has 0 saturated carbocycles. The van der Waals surface area contributed by atoms with E-state index in [1.165, 1.54) is 28.1 Å². The zero-order valence-electron chi connectivity index (χ0n) is 20.0. The van der Waals surface area contributed by atoms with Crippen molar-refractivity contribution in [2.75, 3.05) is 63.1 Å². The first-order chi connectivity index (χ1) is 15.8. The predicted molar refractivity (Wildman–Crippen MR) is 139 cm³/mol. The lowest BCUT2D eigenvalue weighted by molar-refractivity contribution is 0.176. The Kier molecular flexibility index (Phi) is 8.23. The molecule has 0 heterocycles. The van der Waals surface area contributed by atoms with Crippen LogP contribution < -0.4 is 14.7 Å². The van der Waals surface area contributed by atoms with Crippen molar-refractivity contribution >= 4 is 34.1 Å². The van der Waals surface area contributed by atoms with E-state index in [0.717, 1.165) is 5.69 Å². The van der Waals surface area contributed by atoms with Crippen LogP contribution in [0.5, 0.6) is 0 Å². The van der Waals surface area contributed by atoms with Crippen molar-refractivity contribution in [3.8, 4) is 0 Å². The molecule has 5 nitrogen and oxygen atoms in total. The van der Waals surface area contributed by atoms with Crippen LogP contribution in [0.25, 0.3) is 0 Å². The average Bonchev–Trinajstić information content (AvgIpc) is 2.80. The number of anilines is 3. The maximum Gasteiger partial charge on any atom is 0.403 e. The minimum absolute atomic E-state index is 0.119. The number of hydrogen-bond donors (Lipinski definition) is 0. The Morgan fingerprint density at radius 1 is 0.697 bits per heavy atom. The van der Waals surface area contributed by atoms with E-state index in [-0.39, 0.29) is 12.5 Å². The summed E-state index contributed by atoms with van der Waals surface area (Å²) in [5.41, 5.74) is 6.33. The van der Waals surface area contributed by atoms with Crippen LogP contribution in [0.15, 0.2) is 72.8 Å². The highest BCUT2D eigenvalue weighted by Gasteiger charge is 2.18. The zero-order valence-corrected chi connectivity index (χ0v) is 20.7. The number of benzene rings is 3. The van der Waals surface area contributed by atoms with Crippen LogP contribution >= 0.6 is 11.6 Å². The molecule has 0 N–H and O–H groups in total. The minimum atomic E-state index is -0.776. The molecule has 3 rings (SSSR count). The van der Waals surface area contributed by atoms with Gasteiger partial charge in [-0.1, -0.05) is 36.4 Å². The third-order valence-corrected chi connectivity index (χ3v) is 5.90. The van der Waals surface area contributed by atoms with E-state index in [0.29, 0.717) is 6.54 Å². The lowest BCUT2D eigenvalue weighted by Gasteiger charge is -2.23. The summed E-state index contributed by atoms with van der Waals surface area (Å²) >= 11 is 5.25. The Bertz CT molecular complexity index is 981. The van der Waals surface area contributed by atoms with Gasteiger partial charge in [-0.15, -0.1) is 0 Å². The fourth-order valence-corrected chi connectivity index (χ4v) is 3.90. The summed E-state index contributed by atoms with van der Waals surface area (Å²) in [5.74, 6) is 0.119. The summed E-state index contributed by atoms with van der Waals surface area (Å²) in [6.45, 7) is 0.818. The normalized spacial score (nSPS) is 10.8. The van der Waals surface area contributed by atoms with Gasteiger partial charge in [-0.3, -0.25) is 0 Å². The van der Waals surface area contributed by atoms with Crippen LogP contribution in [-0.2, 0) is 4.74 Å². The van der Waals surface area contributed by atoms with Gasteiger partial charge >= 0.3 is 5.43 Å². The maximum atomic E-state index is 10.8. The largest absolute Gasteiger partial charge is 0.452 e. The van der Waals surface area contributed by atoms with Gasteiger partial charge in [-0.25, -0.2) is 4.79 Å². The summed E-state index contributed by atoms with van der Waals surface area (Å²) < 4.78 is 4.84. The number of rotatable bonds is 9. The molecule has 3 aromatic rings. The van der Waals surface area contributed by atoms with Gasteiger partial charge in [-0.05, 0) is 53.1 Å². The smallest absolute Gasteiger partial charge is 0.403 e. The number of carbonyl (C=O) groups is 1. The summed E-state index contributed by atoms with van der Waals surface area (Å²) in [4.78, 5) is 17.0. The van der Waals surface area contributed by atoms with E-state index in [1.807, 2.05) is 11.9 Å². The van der Waals surface area contributed by atoms with Crippen LogP contribution in [0.1, 0.15) is 22.6 Å². The molecule has 0 atom stereocenters. The van der Waals surface area contributed by atoms with E-state index < -0.39 is 5.43 Å². The first kappa shape index (κ1) is 24.5. The summed E-state index contributed by atoms with van der Waals surface area (Å²) in [6.07, 6.45) is 0. The maximum absolute atomic E-state index is 10.8. The molecule has 0 aliphatic heterocycles. The fourth-order valence-electron chi connectivity index (χ4n) is 3.82. The third kappa shape index (κ3) is 6.42. The molecular formula is C27H32ClN3O2. The van der Waals surface area contributed by atoms with Crippen molar-refractivity contribution in [2.24, 2.45) is 0 Å². The predicted octanol–water partition coefficient (Wildman–Crippen LogP) is 5.81. The van der Waals surface area contributed by atoms with Gasteiger partial charge in [0.15, 0.2) is 0 Å². The molecule has 3 aromatic carbocycles. The molecule has 0 aliphatic carbocycles. The lowest BCUT2D eigenvalue weighted by atomic mass is 9.85. The second kappa shape index (κ2) is 11.1. The minimum Gasteiger partial charge on any atom is -0.452 e. The Morgan fingerprint density at radius 2 is 1.06 bits per heavy atom. The van der Waals surface area contributed by atoms with Crippen LogP contribution in [0, 0.1) is 0 Å². The second-order valence-electron chi connectivity index (χ2n) is 8.50. The first-order valence-corrected chi connectivity index (χ1v) is 11.3. The van der Waals surface area contributed by atoms with E-state index in [4.69, 9.17) is 16.3 Å². The number of likely N-dealkylation sites (N-methyl/N-ethyl adjacent to an activating group) is 1. The fraction of sp³-hybridized carbons (Fsp3) is 0.296. The molecule has 0 aliphatic rings. The van der Waals surface area contributed by atoms with Gasteiger partial charge in [0.1, 0.15) is 6.61 Å². The van der Waals surface area contributed by atoms with Crippen molar-refractivity contribution in [1.82, 2.24) is 0 Å². The molecule has 0 bridgehead atoms. The van der Waals surface area contributed by atoms with Crippen LogP contribution in [-0.4, -0.2) is 53.8 Å². The standard InChI is InChI=1S/C27H32ClN3O2/c1-29(2)23-12-6-20(7-13-23)26(21-8-14-24(15-9-21)30(3)4)22-10-16-25(17-11-22)31(5)18-19-33-27(28)32/h6-17,26H,18-19H2,1-5H3. The second-order valence-corrected chi connectivity index (χ2v) is 8.81. The van der Waals surface area contributed by atoms with Crippen LogP contribution in [0.2, 0.25) is 0 Å². The molecular weight excluding hydrogens is 434 g/mol. The third-order valence-electron chi connectivity index (χ3n) is 5.80. The SMILES string of the molecule is CN(C)c1ccc(C(c2ccc(N(C)C)cc2)c2ccc(N(C)CCOC(=O)Cl)cc2)cc1. The Morgan fingerprint density at radius 3 is 1.39 bits per heavy atom. The number of hydrogen-bond acceptors (Lipinski definition) is 5. The molecule has 33 heavy (non-hydrogen) atoms. The van der Waals surface area contributed by atoms with E-state index in [1.54, 1.807) is 0 Å². The average molecular weight is 466 g/mol.